The Bertz CT molecular complexity index is 1350. The molecule has 0 bridgehead atoms. The van der Waals surface area contributed by atoms with Crippen LogP contribution < -0.4 is 10.0 Å². The summed E-state index contributed by atoms with van der Waals surface area (Å²) in [5.74, 6) is -1.36. The summed E-state index contributed by atoms with van der Waals surface area (Å²) < 4.78 is 46.5. The summed E-state index contributed by atoms with van der Waals surface area (Å²) in [6, 6.07) is 19.2. The van der Waals surface area contributed by atoms with Crippen molar-refractivity contribution in [3.05, 3.63) is 95.8 Å². The topological polar surface area (TPSA) is 105 Å². The number of carbonyl (C=O) groups is 2. The molecule has 2 amide bonds. The lowest BCUT2D eigenvalue weighted by molar-refractivity contribution is -0.120. The van der Waals surface area contributed by atoms with E-state index >= 15 is 0 Å². The van der Waals surface area contributed by atoms with Gasteiger partial charge in [0.25, 0.3) is 5.91 Å². The molecule has 0 saturated carbocycles. The number of sulfonamides is 1. The van der Waals surface area contributed by atoms with E-state index in [-0.39, 0.29) is 23.5 Å². The van der Waals surface area contributed by atoms with Gasteiger partial charge in [0.2, 0.25) is 15.9 Å². The van der Waals surface area contributed by atoms with E-state index in [1.54, 1.807) is 13.8 Å². The van der Waals surface area contributed by atoms with Crippen LogP contribution in [-0.4, -0.2) is 57.5 Å². The maximum atomic E-state index is 13.4. The zero-order valence-corrected chi connectivity index (χ0v) is 22.6. The summed E-state index contributed by atoms with van der Waals surface area (Å²) in [6.07, 6.45) is 0.237. The first-order valence-electron chi connectivity index (χ1n) is 11.9. The molecule has 1 atom stereocenters. The molecule has 0 fully saturated rings. The number of carbonyl (C=O) groups excluding carboxylic acids is 2. The third kappa shape index (κ3) is 7.70. The smallest absolute Gasteiger partial charge is 0.254 e. The Kier molecular flexibility index (Phi) is 9.37. The predicted octanol–water partition coefficient (Wildman–Crippen LogP) is 3.85. The third-order valence-electron chi connectivity index (χ3n) is 5.80. The average molecular weight is 542 g/mol. The van der Waals surface area contributed by atoms with Gasteiger partial charge in [0.1, 0.15) is 11.9 Å². The molecule has 0 aromatic heterocycles. The van der Waals surface area contributed by atoms with Gasteiger partial charge in [0.15, 0.2) is 0 Å². The lowest BCUT2D eigenvalue weighted by atomic mass is 10.0. The van der Waals surface area contributed by atoms with Gasteiger partial charge < -0.3 is 15.0 Å². The SMILES string of the molecule is COCC(C)(C)NS(=O)(=O)c1ccc(NC(=O)C(Cc2ccccc2)N(C)C(=O)c2ccc(F)cc2)cc1. The highest BCUT2D eigenvalue weighted by molar-refractivity contribution is 7.89. The highest BCUT2D eigenvalue weighted by Crippen LogP contribution is 2.19. The van der Waals surface area contributed by atoms with Crippen molar-refractivity contribution in [2.75, 3.05) is 26.1 Å². The Hall–Kier alpha value is -3.60. The van der Waals surface area contributed by atoms with E-state index in [1.807, 2.05) is 30.3 Å². The minimum atomic E-state index is -3.82. The lowest BCUT2D eigenvalue weighted by Gasteiger charge is -2.28. The van der Waals surface area contributed by atoms with Gasteiger partial charge in [-0.3, -0.25) is 9.59 Å². The van der Waals surface area contributed by atoms with Crippen LogP contribution in [0, 0.1) is 5.82 Å². The summed E-state index contributed by atoms with van der Waals surface area (Å²) >= 11 is 0. The number of hydrogen-bond acceptors (Lipinski definition) is 5. The average Bonchev–Trinajstić information content (AvgIpc) is 2.87. The van der Waals surface area contributed by atoms with E-state index in [4.69, 9.17) is 4.74 Å². The van der Waals surface area contributed by atoms with E-state index in [2.05, 4.69) is 10.0 Å². The molecule has 0 radical (unpaired) electrons. The largest absolute Gasteiger partial charge is 0.383 e. The molecular formula is C28H32FN3O5S. The second-order valence-electron chi connectivity index (χ2n) is 9.56. The van der Waals surface area contributed by atoms with Crippen LogP contribution >= 0.6 is 0 Å². The highest BCUT2D eigenvalue weighted by atomic mass is 32.2. The first-order valence-corrected chi connectivity index (χ1v) is 13.4. The van der Waals surface area contributed by atoms with Gasteiger partial charge >= 0.3 is 0 Å². The molecule has 0 heterocycles. The standard InChI is InChI=1S/C28H32FN3O5S/c1-28(2,19-37-4)31-38(35,36)24-16-14-23(15-17-24)30-26(33)25(18-20-8-6-5-7-9-20)32(3)27(34)21-10-12-22(29)13-11-21/h5-17,25,31H,18-19H2,1-4H3,(H,30,33). The Morgan fingerprint density at radius 2 is 1.58 bits per heavy atom. The Morgan fingerprint density at radius 1 is 0.974 bits per heavy atom. The second kappa shape index (κ2) is 12.3. The first-order chi connectivity index (χ1) is 17.9. The number of methoxy groups -OCH3 is 1. The number of likely N-dealkylation sites (N-methyl/N-ethyl adjacent to an activating group) is 1. The molecule has 0 saturated heterocycles. The molecule has 10 heteroatoms. The van der Waals surface area contributed by atoms with E-state index in [0.717, 1.165) is 5.56 Å². The van der Waals surface area contributed by atoms with Crippen LogP contribution in [-0.2, 0) is 26.0 Å². The molecule has 38 heavy (non-hydrogen) atoms. The number of nitrogens with one attached hydrogen (secondary N) is 2. The minimum Gasteiger partial charge on any atom is -0.383 e. The van der Waals surface area contributed by atoms with Crippen molar-refractivity contribution in [2.24, 2.45) is 0 Å². The van der Waals surface area contributed by atoms with Gasteiger partial charge in [0.05, 0.1) is 17.0 Å². The first kappa shape index (κ1) is 29.0. The lowest BCUT2D eigenvalue weighted by Crippen LogP contribution is -2.46. The Labute approximate surface area is 222 Å². The van der Waals surface area contributed by atoms with Gasteiger partial charge in [0, 0.05) is 31.8 Å². The number of hydrogen-bond donors (Lipinski definition) is 2. The summed E-state index contributed by atoms with van der Waals surface area (Å²) in [7, 11) is -0.818. The fraction of sp³-hybridized carbons (Fsp3) is 0.286. The molecule has 0 aliphatic rings. The Morgan fingerprint density at radius 3 is 2.16 bits per heavy atom. The molecular weight excluding hydrogens is 509 g/mol. The normalized spacial score (nSPS) is 12.6. The molecule has 8 nitrogen and oxygen atoms in total. The van der Waals surface area contributed by atoms with E-state index < -0.39 is 39.2 Å². The quantitative estimate of drug-likeness (QED) is 0.384. The molecule has 3 aromatic carbocycles. The minimum absolute atomic E-state index is 0.0316. The van der Waals surface area contributed by atoms with Crippen molar-refractivity contribution >= 4 is 27.5 Å². The van der Waals surface area contributed by atoms with Crippen molar-refractivity contribution in [3.8, 4) is 0 Å². The summed E-state index contributed by atoms with van der Waals surface area (Å²) in [5, 5.41) is 2.78. The second-order valence-corrected chi connectivity index (χ2v) is 11.2. The molecule has 0 aliphatic carbocycles. The molecule has 0 spiro atoms. The maximum absolute atomic E-state index is 13.4. The van der Waals surface area contributed by atoms with Crippen molar-refractivity contribution in [1.29, 1.82) is 0 Å². The maximum Gasteiger partial charge on any atom is 0.254 e. The van der Waals surface area contributed by atoms with Crippen molar-refractivity contribution in [3.63, 3.8) is 0 Å². The summed E-state index contributed by atoms with van der Waals surface area (Å²) in [6.45, 7) is 3.60. The molecule has 3 rings (SSSR count). The molecule has 0 aliphatic heterocycles. The van der Waals surface area contributed by atoms with Crippen molar-refractivity contribution < 1.29 is 27.1 Å². The number of amides is 2. The number of anilines is 1. The Balaban J connectivity index is 1.80. The van der Waals surface area contributed by atoms with Crippen LogP contribution in [0.15, 0.2) is 83.8 Å². The van der Waals surface area contributed by atoms with E-state index in [1.165, 1.54) is 67.6 Å². The zero-order valence-electron chi connectivity index (χ0n) is 21.8. The number of halogens is 1. The number of ether oxygens (including phenoxy) is 1. The fourth-order valence-corrected chi connectivity index (χ4v) is 5.34. The van der Waals surface area contributed by atoms with Crippen LogP contribution in [0.5, 0.6) is 0 Å². The van der Waals surface area contributed by atoms with Gasteiger partial charge in [-0.2, -0.15) is 0 Å². The number of rotatable bonds is 11. The fourth-order valence-electron chi connectivity index (χ4n) is 3.94. The zero-order chi connectivity index (χ0) is 27.9. The number of benzene rings is 3. The van der Waals surface area contributed by atoms with Crippen molar-refractivity contribution in [2.45, 2.75) is 36.7 Å². The van der Waals surface area contributed by atoms with E-state index in [0.29, 0.717) is 5.69 Å². The van der Waals surface area contributed by atoms with Gasteiger partial charge in [-0.15, -0.1) is 0 Å². The van der Waals surface area contributed by atoms with Crippen LogP contribution in [0.4, 0.5) is 10.1 Å². The van der Waals surface area contributed by atoms with Crippen LogP contribution in [0.2, 0.25) is 0 Å². The van der Waals surface area contributed by atoms with Crippen LogP contribution in [0.25, 0.3) is 0 Å². The predicted molar refractivity (Wildman–Crippen MR) is 144 cm³/mol. The molecule has 1 unspecified atom stereocenters. The monoisotopic (exact) mass is 541 g/mol. The summed E-state index contributed by atoms with van der Waals surface area (Å²) in [4.78, 5) is 27.8. The van der Waals surface area contributed by atoms with Gasteiger partial charge in [-0.25, -0.2) is 17.5 Å². The van der Waals surface area contributed by atoms with Crippen molar-refractivity contribution in [1.82, 2.24) is 9.62 Å². The van der Waals surface area contributed by atoms with Gasteiger partial charge in [-0.1, -0.05) is 30.3 Å². The molecule has 2 N–H and O–H groups in total. The van der Waals surface area contributed by atoms with Crippen LogP contribution in [0.3, 0.4) is 0 Å². The molecule has 202 valence electrons. The van der Waals surface area contributed by atoms with Crippen LogP contribution in [0.1, 0.15) is 29.8 Å². The van der Waals surface area contributed by atoms with Gasteiger partial charge in [-0.05, 0) is 67.9 Å². The number of nitrogens with zero attached hydrogens (tertiary/aromatic N) is 1. The summed E-state index contributed by atoms with van der Waals surface area (Å²) in [5.41, 5.74) is 0.647. The highest BCUT2D eigenvalue weighted by Gasteiger charge is 2.29. The van der Waals surface area contributed by atoms with E-state index in [9.17, 15) is 22.4 Å². The third-order valence-corrected chi connectivity index (χ3v) is 7.52. The molecule has 3 aromatic rings.